The first-order chi connectivity index (χ1) is 20.0. The van der Waals surface area contributed by atoms with Gasteiger partial charge >= 0.3 is 6.09 Å². The molecule has 4 amide bonds. The van der Waals surface area contributed by atoms with Gasteiger partial charge in [0.05, 0.1) is 24.2 Å². The van der Waals surface area contributed by atoms with Crippen molar-refractivity contribution in [1.82, 2.24) is 14.9 Å². The van der Waals surface area contributed by atoms with Crippen LogP contribution >= 0.6 is 0 Å². The zero-order valence-corrected chi connectivity index (χ0v) is 24.7. The van der Waals surface area contributed by atoms with Crippen LogP contribution in [0, 0.1) is 17.8 Å². The summed E-state index contributed by atoms with van der Waals surface area (Å²) in [6.07, 6.45) is 6.16. The van der Waals surface area contributed by atoms with E-state index < -0.39 is 56.7 Å². The molecule has 42 heavy (non-hydrogen) atoms. The lowest BCUT2D eigenvalue weighted by atomic mass is 9.93. The Hall–Kier alpha value is -3.61. The zero-order chi connectivity index (χ0) is 30.1. The molecule has 13 heteroatoms. The SMILES string of the molecule is COc1cccc(NC(=O)O[C@@H]2C[C@H]3C(=O)N[C@]4(C(=O)NS(=O)(=O)C5CC5)C[C@@H]4/C=C\CCCCN(C)C(=O)[C@@H]3C2)c1. The standard InChI is InChI=1S/C29H38N4O8S/c1-33-13-6-4-3-5-8-18-17-29(18,27(36)32-42(38,39)22-11-12-22)31-25(34)23-15-21(16-24(23)26(33)35)41-28(37)30-19-9-7-10-20(14-19)40-2/h5,7-10,14,18,21-24H,3-4,6,11-13,15-17H2,1-2H3,(H,30,37)(H,31,34)(H,32,36)/b8-5-/t18-,21+,23+,24+,29+/m0/s1. The Kier molecular flexibility index (Phi) is 8.49. The first-order valence-electron chi connectivity index (χ1n) is 14.4. The molecule has 1 aromatic carbocycles. The largest absolute Gasteiger partial charge is 0.497 e. The quantitative estimate of drug-likeness (QED) is 0.418. The second-order valence-corrected chi connectivity index (χ2v) is 13.7. The van der Waals surface area contributed by atoms with E-state index in [-0.39, 0.29) is 31.1 Å². The lowest BCUT2D eigenvalue weighted by Gasteiger charge is -2.26. The Morgan fingerprint density at radius 2 is 1.88 bits per heavy atom. The predicted octanol–water partition coefficient (Wildman–Crippen LogP) is 2.32. The molecule has 3 fully saturated rings. The average Bonchev–Trinajstić information content (AvgIpc) is 3.87. The molecule has 0 radical (unpaired) electrons. The Balaban J connectivity index is 1.33. The number of ether oxygens (including phenoxy) is 2. The fourth-order valence-corrected chi connectivity index (χ4v) is 7.25. The van der Waals surface area contributed by atoms with Crippen molar-refractivity contribution in [3.05, 3.63) is 36.4 Å². The lowest BCUT2D eigenvalue weighted by Crippen LogP contribution is -2.54. The van der Waals surface area contributed by atoms with E-state index in [1.165, 1.54) is 7.11 Å². The smallest absolute Gasteiger partial charge is 0.411 e. The Labute approximate surface area is 245 Å². The van der Waals surface area contributed by atoms with E-state index in [1.807, 2.05) is 12.2 Å². The minimum absolute atomic E-state index is 0.0835. The molecule has 1 aliphatic heterocycles. The molecular formula is C29H38N4O8S. The maximum absolute atomic E-state index is 13.8. The van der Waals surface area contributed by atoms with Gasteiger partial charge < -0.3 is 19.7 Å². The van der Waals surface area contributed by atoms with Gasteiger partial charge in [-0.3, -0.25) is 24.4 Å². The topological polar surface area (TPSA) is 160 Å². The van der Waals surface area contributed by atoms with E-state index in [1.54, 1.807) is 36.2 Å². The molecule has 0 bridgehead atoms. The molecule has 228 valence electrons. The van der Waals surface area contributed by atoms with E-state index in [0.717, 1.165) is 19.3 Å². The summed E-state index contributed by atoms with van der Waals surface area (Å²) < 4.78 is 38.1. The second kappa shape index (κ2) is 11.9. The van der Waals surface area contributed by atoms with Crippen LogP contribution in [0.5, 0.6) is 5.75 Å². The van der Waals surface area contributed by atoms with Crippen LogP contribution in [-0.4, -0.2) is 74.7 Å². The number of amides is 4. The van der Waals surface area contributed by atoms with Crippen LogP contribution in [0.15, 0.2) is 36.4 Å². The fourth-order valence-electron chi connectivity index (χ4n) is 5.89. The molecule has 0 saturated heterocycles. The number of nitrogens with zero attached hydrogens (tertiary/aromatic N) is 1. The van der Waals surface area contributed by atoms with Crippen molar-refractivity contribution in [2.45, 2.75) is 68.3 Å². The molecule has 5 atom stereocenters. The van der Waals surface area contributed by atoms with Crippen molar-refractivity contribution in [3.8, 4) is 5.75 Å². The number of fused-ring (bicyclic) bond motifs is 2. The molecule has 3 aliphatic carbocycles. The molecule has 5 rings (SSSR count). The van der Waals surface area contributed by atoms with Crippen molar-refractivity contribution in [2.75, 3.05) is 26.0 Å². The van der Waals surface area contributed by atoms with Gasteiger partial charge in [0.15, 0.2) is 0 Å². The van der Waals surface area contributed by atoms with Crippen LogP contribution in [0.3, 0.4) is 0 Å². The van der Waals surface area contributed by atoms with E-state index in [0.29, 0.717) is 30.8 Å². The van der Waals surface area contributed by atoms with Gasteiger partial charge in [-0.1, -0.05) is 18.2 Å². The van der Waals surface area contributed by atoms with Crippen LogP contribution in [0.2, 0.25) is 0 Å². The van der Waals surface area contributed by atoms with Crippen LogP contribution in [0.4, 0.5) is 10.5 Å². The number of rotatable bonds is 6. The maximum atomic E-state index is 13.8. The summed E-state index contributed by atoms with van der Waals surface area (Å²) >= 11 is 0. The highest BCUT2D eigenvalue weighted by Gasteiger charge is 2.62. The highest BCUT2D eigenvalue weighted by atomic mass is 32.2. The zero-order valence-electron chi connectivity index (χ0n) is 23.8. The summed E-state index contributed by atoms with van der Waals surface area (Å²) in [5, 5.41) is 4.89. The number of hydrogen-bond donors (Lipinski definition) is 3. The van der Waals surface area contributed by atoms with Crippen LogP contribution in [0.1, 0.15) is 51.4 Å². The molecule has 1 heterocycles. The van der Waals surface area contributed by atoms with E-state index >= 15 is 0 Å². The Bertz CT molecular complexity index is 1380. The third-order valence-electron chi connectivity index (χ3n) is 8.59. The van der Waals surface area contributed by atoms with Crippen molar-refractivity contribution < 1.29 is 37.1 Å². The number of benzene rings is 1. The van der Waals surface area contributed by atoms with Gasteiger partial charge in [0.25, 0.3) is 5.91 Å². The summed E-state index contributed by atoms with van der Waals surface area (Å²) in [5.41, 5.74) is -0.951. The maximum Gasteiger partial charge on any atom is 0.411 e. The molecule has 0 aromatic heterocycles. The minimum atomic E-state index is -3.82. The van der Waals surface area contributed by atoms with Gasteiger partial charge in [-0.25, -0.2) is 13.2 Å². The number of hydrogen-bond acceptors (Lipinski definition) is 8. The highest BCUT2D eigenvalue weighted by molar-refractivity contribution is 7.91. The molecule has 3 N–H and O–H groups in total. The van der Waals surface area contributed by atoms with Gasteiger partial charge in [0.1, 0.15) is 17.4 Å². The predicted molar refractivity (Wildman–Crippen MR) is 153 cm³/mol. The number of allylic oxidation sites excluding steroid dienone is 1. The van der Waals surface area contributed by atoms with Gasteiger partial charge in [-0.15, -0.1) is 0 Å². The van der Waals surface area contributed by atoms with Gasteiger partial charge in [-0.2, -0.15) is 0 Å². The summed E-state index contributed by atoms with van der Waals surface area (Å²) in [5.74, 6) is -2.97. The Morgan fingerprint density at radius 3 is 2.62 bits per heavy atom. The number of sulfonamides is 1. The van der Waals surface area contributed by atoms with E-state index in [4.69, 9.17) is 9.47 Å². The molecular weight excluding hydrogens is 564 g/mol. The number of carbonyl (C=O) groups excluding carboxylic acids is 4. The minimum Gasteiger partial charge on any atom is -0.497 e. The normalized spacial score (nSPS) is 30.6. The van der Waals surface area contributed by atoms with Crippen LogP contribution in [-0.2, 0) is 29.1 Å². The lowest BCUT2D eigenvalue weighted by molar-refractivity contribution is -0.140. The van der Waals surface area contributed by atoms with E-state index in [9.17, 15) is 27.6 Å². The number of carbonyl (C=O) groups is 4. The van der Waals surface area contributed by atoms with Crippen molar-refractivity contribution in [1.29, 1.82) is 0 Å². The monoisotopic (exact) mass is 602 g/mol. The molecule has 1 aromatic rings. The first-order valence-corrected chi connectivity index (χ1v) is 16.0. The summed E-state index contributed by atoms with van der Waals surface area (Å²) in [4.78, 5) is 54.9. The number of methoxy groups -OCH3 is 1. The number of nitrogens with one attached hydrogen (secondary N) is 3. The molecule has 12 nitrogen and oxygen atoms in total. The summed E-state index contributed by atoms with van der Waals surface area (Å²) in [7, 11) is -0.614. The molecule has 0 spiro atoms. The van der Waals surface area contributed by atoms with Gasteiger partial charge in [0, 0.05) is 31.3 Å². The van der Waals surface area contributed by atoms with E-state index in [2.05, 4.69) is 15.4 Å². The molecule has 4 aliphatic rings. The summed E-state index contributed by atoms with van der Waals surface area (Å²) in [6.45, 7) is 0.522. The van der Waals surface area contributed by atoms with Crippen LogP contribution in [0.25, 0.3) is 0 Å². The number of anilines is 1. The molecule has 0 unspecified atom stereocenters. The molecule has 3 saturated carbocycles. The van der Waals surface area contributed by atoms with Gasteiger partial charge in [0.2, 0.25) is 21.8 Å². The third kappa shape index (κ3) is 6.55. The fraction of sp³-hybridized carbons (Fsp3) is 0.586. The Morgan fingerprint density at radius 1 is 1.12 bits per heavy atom. The third-order valence-corrected chi connectivity index (χ3v) is 10.4. The van der Waals surface area contributed by atoms with Crippen molar-refractivity contribution in [2.24, 2.45) is 17.8 Å². The summed E-state index contributed by atoms with van der Waals surface area (Å²) in [6, 6.07) is 6.76. The highest BCUT2D eigenvalue weighted by Crippen LogP contribution is 2.47. The average molecular weight is 603 g/mol. The van der Waals surface area contributed by atoms with Crippen LogP contribution < -0.4 is 20.1 Å². The van der Waals surface area contributed by atoms with Gasteiger partial charge in [-0.05, 0) is 63.5 Å². The van der Waals surface area contributed by atoms with Crippen molar-refractivity contribution >= 4 is 39.5 Å². The second-order valence-electron chi connectivity index (χ2n) is 11.7. The van der Waals surface area contributed by atoms with Crippen molar-refractivity contribution in [3.63, 3.8) is 0 Å². The first kappa shape index (κ1) is 29.9.